The number of hydrogen-bond acceptors (Lipinski definition) is 6. The molecule has 0 N–H and O–H groups in total. The molecule has 0 spiro atoms. The lowest BCUT2D eigenvalue weighted by molar-refractivity contribution is -0.167. The van der Waals surface area contributed by atoms with E-state index in [9.17, 15) is 14.4 Å². The number of rotatable bonds is 50. The third-order valence-corrected chi connectivity index (χ3v) is 12.9. The molecule has 6 nitrogen and oxygen atoms in total. The van der Waals surface area contributed by atoms with E-state index >= 15 is 0 Å². The van der Waals surface area contributed by atoms with Crippen LogP contribution in [-0.4, -0.2) is 37.2 Å². The van der Waals surface area contributed by atoms with Crippen LogP contribution in [-0.2, 0) is 28.6 Å². The van der Waals surface area contributed by atoms with Gasteiger partial charge in [-0.25, -0.2) is 0 Å². The van der Waals surface area contributed by atoms with Gasteiger partial charge in [0.15, 0.2) is 6.10 Å². The third-order valence-electron chi connectivity index (χ3n) is 12.9. The molecule has 0 fully saturated rings. The fourth-order valence-electron chi connectivity index (χ4n) is 8.65. The average Bonchev–Trinajstić information content (AvgIpc) is 3.24. The molecule has 0 aliphatic carbocycles. The normalized spacial score (nSPS) is 12.1. The van der Waals surface area contributed by atoms with Crippen molar-refractivity contribution in [3.8, 4) is 0 Å². The van der Waals surface area contributed by atoms with Gasteiger partial charge in [-0.1, -0.05) is 273 Å². The van der Waals surface area contributed by atoms with Crippen molar-refractivity contribution in [2.75, 3.05) is 13.2 Å². The first-order chi connectivity index (χ1) is 30.6. The molecule has 6 heteroatoms. The molecule has 0 unspecified atom stereocenters. The van der Waals surface area contributed by atoms with Crippen LogP contribution in [0.3, 0.4) is 0 Å². The Bertz CT molecular complexity index is 976. The van der Waals surface area contributed by atoms with Crippen LogP contribution in [0.2, 0.25) is 0 Å². The predicted octanol–water partition coefficient (Wildman–Crippen LogP) is 18.3. The maximum atomic E-state index is 12.8. The van der Waals surface area contributed by atoms with Gasteiger partial charge in [0, 0.05) is 19.3 Å². The monoisotopic (exact) mass is 891 g/mol. The van der Waals surface area contributed by atoms with E-state index in [1.165, 1.54) is 193 Å². The van der Waals surface area contributed by atoms with Gasteiger partial charge in [0.05, 0.1) is 0 Å². The maximum absolute atomic E-state index is 12.8. The predicted molar refractivity (Wildman–Crippen MR) is 270 cm³/mol. The standard InChI is InChI=1S/C57H110O6/c1-51(2)43-37-31-25-19-14-10-7-8-12-16-22-28-34-40-46-55(58)61-49-54(63-57(60)48-42-36-30-24-18-21-27-33-39-45-53(5)6)50-62-56(59)47-41-35-29-23-17-13-9-11-15-20-26-32-38-44-52(3)4/h51-54H,7-50H2,1-6H3/t54-/m0/s1. The van der Waals surface area contributed by atoms with Gasteiger partial charge < -0.3 is 14.2 Å². The molecule has 0 saturated carbocycles. The average molecular weight is 892 g/mol. The zero-order valence-electron chi connectivity index (χ0n) is 43.4. The fourth-order valence-corrected chi connectivity index (χ4v) is 8.65. The van der Waals surface area contributed by atoms with Gasteiger partial charge in [-0.2, -0.15) is 0 Å². The van der Waals surface area contributed by atoms with Crippen LogP contribution in [0.15, 0.2) is 0 Å². The number of esters is 3. The van der Waals surface area contributed by atoms with Crippen LogP contribution < -0.4 is 0 Å². The highest BCUT2D eigenvalue weighted by Gasteiger charge is 2.19. The van der Waals surface area contributed by atoms with Crippen molar-refractivity contribution in [3.05, 3.63) is 0 Å². The van der Waals surface area contributed by atoms with Crippen molar-refractivity contribution in [2.45, 2.75) is 317 Å². The lowest BCUT2D eigenvalue weighted by Gasteiger charge is -2.18. The molecule has 0 aromatic heterocycles. The second-order valence-electron chi connectivity index (χ2n) is 21.0. The minimum atomic E-state index is -0.763. The Labute approximate surface area is 393 Å². The number of unbranched alkanes of at least 4 members (excludes halogenated alkanes) is 33. The zero-order valence-corrected chi connectivity index (χ0v) is 43.4. The lowest BCUT2D eigenvalue weighted by Crippen LogP contribution is -2.30. The number of carbonyl (C=O) groups is 3. The topological polar surface area (TPSA) is 78.9 Å². The molecule has 0 saturated heterocycles. The summed E-state index contributed by atoms with van der Waals surface area (Å²) in [6.45, 7) is 13.7. The first-order valence-electron chi connectivity index (χ1n) is 28.1. The first-order valence-corrected chi connectivity index (χ1v) is 28.1. The summed E-state index contributed by atoms with van der Waals surface area (Å²) >= 11 is 0. The van der Waals surface area contributed by atoms with E-state index in [1.54, 1.807) is 0 Å². The summed E-state index contributed by atoms with van der Waals surface area (Å²) in [5.74, 6) is 1.64. The van der Waals surface area contributed by atoms with E-state index in [4.69, 9.17) is 14.2 Å². The third kappa shape index (κ3) is 51.3. The van der Waals surface area contributed by atoms with E-state index in [0.29, 0.717) is 19.3 Å². The molecule has 63 heavy (non-hydrogen) atoms. The summed E-state index contributed by atoms with van der Waals surface area (Å²) in [6, 6.07) is 0. The van der Waals surface area contributed by atoms with Crippen LogP contribution in [0.25, 0.3) is 0 Å². The summed E-state index contributed by atoms with van der Waals surface area (Å²) in [7, 11) is 0. The second kappa shape index (κ2) is 48.3. The van der Waals surface area contributed by atoms with Crippen molar-refractivity contribution >= 4 is 17.9 Å². The smallest absolute Gasteiger partial charge is 0.306 e. The molecule has 0 heterocycles. The highest BCUT2D eigenvalue weighted by atomic mass is 16.6. The molecule has 0 rings (SSSR count). The Morgan fingerprint density at radius 1 is 0.270 bits per heavy atom. The second-order valence-corrected chi connectivity index (χ2v) is 21.0. The maximum Gasteiger partial charge on any atom is 0.306 e. The molecule has 0 radical (unpaired) electrons. The van der Waals surface area contributed by atoms with Crippen molar-refractivity contribution < 1.29 is 28.6 Å². The molecule has 0 aromatic carbocycles. The quantitative estimate of drug-likeness (QED) is 0.0344. The van der Waals surface area contributed by atoms with Gasteiger partial charge in [0.2, 0.25) is 0 Å². The number of hydrogen-bond donors (Lipinski definition) is 0. The van der Waals surface area contributed by atoms with Gasteiger partial charge in [-0.3, -0.25) is 14.4 Å². The van der Waals surface area contributed by atoms with Crippen molar-refractivity contribution in [1.82, 2.24) is 0 Å². The summed E-state index contributed by atoms with van der Waals surface area (Å²) < 4.78 is 16.9. The number of ether oxygens (including phenoxy) is 3. The van der Waals surface area contributed by atoms with E-state index < -0.39 is 6.10 Å². The van der Waals surface area contributed by atoms with Crippen molar-refractivity contribution in [3.63, 3.8) is 0 Å². The van der Waals surface area contributed by atoms with Crippen LogP contribution in [0.5, 0.6) is 0 Å². The van der Waals surface area contributed by atoms with E-state index in [0.717, 1.165) is 75.5 Å². The van der Waals surface area contributed by atoms with E-state index in [1.807, 2.05) is 0 Å². The van der Waals surface area contributed by atoms with Crippen LogP contribution in [0, 0.1) is 17.8 Å². The Morgan fingerprint density at radius 2 is 0.460 bits per heavy atom. The zero-order chi connectivity index (χ0) is 46.3. The largest absolute Gasteiger partial charge is 0.462 e. The van der Waals surface area contributed by atoms with Gasteiger partial charge in [0.1, 0.15) is 13.2 Å². The lowest BCUT2D eigenvalue weighted by atomic mass is 10.0. The Kier molecular flexibility index (Phi) is 47.1. The van der Waals surface area contributed by atoms with Crippen LogP contribution in [0.1, 0.15) is 311 Å². The minimum Gasteiger partial charge on any atom is -0.462 e. The Balaban J connectivity index is 4.28. The molecule has 0 aliphatic rings. The SMILES string of the molecule is CC(C)CCCCCCCCCCCCCCCCC(=O)OC[C@@H](COC(=O)CCCCCCCCCCCCCCCC(C)C)OC(=O)CCCCCCCCCCCC(C)C. The summed E-state index contributed by atoms with van der Waals surface area (Å²) in [6.07, 6.45) is 49.5. The van der Waals surface area contributed by atoms with Crippen LogP contribution >= 0.6 is 0 Å². The molecule has 1 atom stereocenters. The summed E-state index contributed by atoms with van der Waals surface area (Å²) in [5.41, 5.74) is 0. The van der Waals surface area contributed by atoms with Gasteiger partial charge in [0.25, 0.3) is 0 Å². The van der Waals surface area contributed by atoms with Gasteiger partial charge in [-0.05, 0) is 37.0 Å². The van der Waals surface area contributed by atoms with E-state index in [2.05, 4.69) is 41.5 Å². The van der Waals surface area contributed by atoms with Crippen molar-refractivity contribution in [1.29, 1.82) is 0 Å². The molecular weight excluding hydrogens is 781 g/mol. The molecule has 0 aromatic rings. The highest BCUT2D eigenvalue weighted by Crippen LogP contribution is 2.18. The molecule has 374 valence electrons. The number of carbonyl (C=O) groups excluding carboxylic acids is 3. The minimum absolute atomic E-state index is 0.0640. The molecule has 0 amide bonds. The van der Waals surface area contributed by atoms with Gasteiger partial charge >= 0.3 is 17.9 Å². The molecule has 0 aliphatic heterocycles. The summed E-state index contributed by atoms with van der Waals surface area (Å²) in [4.78, 5) is 38.1. The fraction of sp³-hybridized carbons (Fsp3) is 0.947. The molecule has 0 bridgehead atoms. The Hall–Kier alpha value is -1.59. The van der Waals surface area contributed by atoms with Gasteiger partial charge in [-0.15, -0.1) is 0 Å². The highest BCUT2D eigenvalue weighted by molar-refractivity contribution is 5.71. The van der Waals surface area contributed by atoms with E-state index in [-0.39, 0.29) is 31.1 Å². The summed E-state index contributed by atoms with van der Waals surface area (Å²) in [5, 5.41) is 0. The molecular formula is C57H110O6. The Morgan fingerprint density at radius 3 is 0.683 bits per heavy atom. The first kappa shape index (κ1) is 61.4. The van der Waals surface area contributed by atoms with Crippen LogP contribution in [0.4, 0.5) is 0 Å². The van der Waals surface area contributed by atoms with Crippen molar-refractivity contribution in [2.24, 2.45) is 17.8 Å².